The molecule has 1 fully saturated rings. The van der Waals surface area contributed by atoms with Gasteiger partial charge in [-0.3, -0.25) is 4.79 Å². The van der Waals surface area contributed by atoms with Crippen molar-refractivity contribution in [1.29, 1.82) is 0 Å². The Morgan fingerprint density at radius 1 is 1.53 bits per heavy atom. The average Bonchev–Trinajstić information content (AvgIpc) is 3.03. The summed E-state index contributed by atoms with van der Waals surface area (Å²) < 4.78 is 1.81. The van der Waals surface area contributed by atoms with Gasteiger partial charge in [0.25, 0.3) is 0 Å². The number of nitrogens with zero attached hydrogens (tertiary/aromatic N) is 3. The number of nitrogens with one attached hydrogen (secondary N) is 1. The number of aromatic nitrogens is 3. The lowest BCUT2D eigenvalue weighted by molar-refractivity contribution is -0.124. The summed E-state index contributed by atoms with van der Waals surface area (Å²) in [7, 11) is 0. The quantitative estimate of drug-likeness (QED) is 0.930. The number of rotatable bonds is 4. The van der Waals surface area contributed by atoms with Gasteiger partial charge < -0.3 is 5.32 Å². The standard InChI is InChI=1S/C13H18N4OS/c1-9-16-17-8-11(15-13(17)19-9)6-7-14-12(18)10-4-2-3-5-10/h8,10H,2-7H2,1H3,(H,14,18). The first-order valence-electron chi connectivity index (χ1n) is 6.82. The van der Waals surface area contributed by atoms with Gasteiger partial charge in [-0.2, -0.15) is 5.10 Å². The molecule has 0 radical (unpaired) electrons. The number of fused-ring (bicyclic) bond motifs is 1. The van der Waals surface area contributed by atoms with Crippen LogP contribution in [0.5, 0.6) is 0 Å². The van der Waals surface area contributed by atoms with E-state index in [4.69, 9.17) is 0 Å². The summed E-state index contributed by atoms with van der Waals surface area (Å²) >= 11 is 1.59. The number of carbonyl (C=O) groups is 1. The Hall–Kier alpha value is -1.43. The van der Waals surface area contributed by atoms with Gasteiger partial charge in [-0.15, -0.1) is 0 Å². The highest BCUT2D eigenvalue weighted by Crippen LogP contribution is 2.24. The number of hydrogen-bond acceptors (Lipinski definition) is 4. The minimum atomic E-state index is 0.215. The van der Waals surface area contributed by atoms with Crippen molar-refractivity contribution in [1.82, 2.24) is 19.9 Å². The Kier molecular flexibility index (Phi) is 3.50. The molecule has 0 aliphatic heterocycles. The second-order valence-electron chi connectivity index (χ2n) is 5.10. The predicted molar refractivity (Wildman–Crippen MR) is 74.3 cm³/mol. The minimum absolute atomic E-state index is 0.215. The third kappa shape index (κ3) is 2.78. The van der Waals surface area contributed by atoms with Crippen molar-refractivity contribution >= 4 is 22.2 Å². The molecule has 0 spiro atoms. The molecule has 102 valence electrons. The lowest BCUT2D eigenvalue weighted by atomic mass is 10.1. The van der Waals surface area contributed by atoms with Crippen molar-refractivity contribution in [2.24, 2.45) is 5.92 Å². The first-order valence-corrected chi connectivity index (χ1v) is 7.63. The Bertz CT molecular complexity index is 551. The molecule has 1 aliphatic carbocycles. The molecule has 1 aliphatic rings. The molecule has 6 heteroatoms. The van der Waals surface area contributed by atoms with E-state index < -0.39 is 0 Å². The van der Waals surface area contributed by atoms with Gasteiger partial charge in [0, 0.05) is 18.9 Å². The fourth-order valence-electron chi connectivity index (χ4n) is 2.61. The molecule has 0 bridgehead atoms. The van der Waals surface area contributed by atoms with Crippen LogP contribution in [0.2, 0.25) is 0 Å². The van der Waals surface area contributed by atoms with Gasteiger partial charge in [0.05, 0.1) is 11.9 Å². The monoisotopic (exact) mass is 278 g/mol. The van der Waals surface area contributed by atoms with Crippen molar-refractivity contribution < 1.29 is 4.79 Å². The Labute approximate surface area is 116 Å². The van der Waals surface area contributed by atoms with Gasteiger partial charge >= 0.3 is 0 Å². The normalized spacial score (nSPS) is 16.3. The smallest absolute Gasteiger partial charge is 0.223 e. The van der Waals surface area contributed by atoms with Gasteiger partial charge in [-0.1, -0.05) is 24.2 Å². The average molecular weight is 278 g/mol. The fraction of sp³-hybridized carbons (Fsp3) is 0.615. The van der Waals surface area contributed by atoms with Crippen LogP contribution in [0, 0.1) is 12.8 Å². The zero-order chi connectivity index (χ0) is 13.2. The molecule has 0 atom stereocenters. The maximum Gasteiger partial charge on any atom is 0.223 e. The van der Waals surface area contributed by atoms with Crippen LogP contribution in [-0.4, -0.2) is 27.0 Å². The molecule has 0 aromatic carbocycles. The van der Waals surface area contributed by atoms with Crippen LogP contribution in [0.25, 0.3) is 4.96 Å². The molecule has 0 saturated heterocycles. The van der Waals surface area contributed by atoms with E-state index in [-0.39, 0.29) is 11.8 Å². The van der Waals surface area contributed by atoms with Crippen molar-refractivity contribution in [3.05, 3.63) is 16.9 Å². The molecule has 2 aromatic heterocycles. The largest absolute Gasteiger partial charge is 0.355 e. The van der Waals surface area contributed by atoms with Crippen LogP contribution in [-0.2, 0) is 11.2 Å². The Morgan fingerprint density at radius 3 is 3.05 bits per heavy atom. The lowest BCUT2D eigenvalue weighted by Gasteiger charge is -2.09. The molecule has 1 saturated carbocycles. The summed E-state index contributed by atoms with van der Waals surface area (Å²) in [4.78, 5) is 17.3. The molecular formula is C13H18N4OS. The van der Waals surface area contributed by atoms with E-state index in [0.29, 0.717) is 6.54 Å². The number of aryl methyl sites for hydroxylation is 1. The molecular weight excluding hydrogens is 260 g/mol. The van der Waals surface area contributed by atoms with E-state index in [1.807, 2.05) is 17.6 Å². The van der Waals surface area contributed by atoms with Crippen LogP contribution < -0.4 is 5.32 Å². The molecule has 3 rings (SSSR count). The summed E-state index contributed by atoms with van der Waals surface area (Å²) in [5.74, 6) is 0.460. The van der Waals surface area contributed by atoms with Crippen molar-refractivity contribution in [3.63, 3.8) is 0 Å². The third-order valence-electron chi connectivity index (χ3n) is 3.60. The van der Waals surface area contributed by atoms with Crippen LogP contribution in [0.3, 0.4) is 0 Å². The van der Waals surface area contributed by atoms with Crippen molar-refractivity contribution in [2.45, 2.75) is 39.0 Å². The van der Waals surface area contributed by atoms with Crippen molar-refractivity contribution in [3.8, 4) is 0 Å². The van der Waals surface area contributed by atoms with Crippen LogP contribution in [0.15, 0.2) is 6.20 Å². The first kappa shape index (κ1) is 12.6. The number of carbonyl (C=O) groups excluding carboxylic acids is 1. The van der Waals surface area contributed by atoms with E-state index in [9.17, 15) is 4.79 Å². The molecule has 5 nitrogen and oxygen atoms in total. The Balaban J connectivity index is 1.51. The van der Waals surface area contributed by atoms with E-state index in [2.05, 4.69) is 15.4 Å². The van der Waals surface area contributed by atoms with Crippen molar-refractivity contribution in [2.75, 3.05) is 6.54 Å². The highest BCUT2D eigenvalue weighted by atomic mass is 32.1. The Morgan fingerprint density at radius 2 is 2.32 bits per heavy atom. The molecule has 1 N–H and O–H groups in total. The molecule has 2 heterocycles. The maximum atomic E-state index is 11.9. The second-order valence-corrected chi connectivity index (χ2v) is 6.26. The van der Waals surface area contributed by atoms with Crippen LogP contribution in [0.1, 0.15) is 36.4 Å². The summed E-state index contributed by atoms with van der Waals surface area (Å²) in [5, 5.41) is 8.36. The van der Waals surface area contributed by atoms with Crippen LogP contribution >= 0.6 is 11.3 Å². The maximum absolute atomic E-state index is 11.9. The van der Waals surface area contributed by atoms with E-state index in [1.165, 1.54) is 12.8 Å². The molecule has 2 aromatic rings. The highest BCUT2D eigenvalue weighted by molar-refractivity contribution is 7.16. The van der Waals surface area contributed by atoms with E-state index in [1.54, 1.807) is 11.3 Å². The second kappa shape index (κ2) is 5.28. The summed E-state index contributed by atoms with van der Waals surface area (Å²) in [6.45, 7) is 2.64. The van der Waals surface area contributed by atoms with E-state index in [0.717, 1.165) is 34.9 Å². The number of imidazole rings is 1. The summed E-state index contributed by atoms with van der Waals surface area (Å²) in [6, 6.07) is 0. The van der Waals surface area contributed by atoms with Gasteiger partial charge in [0.15, 0.2) is 0 Å². The van der Waals surface area contributed by atoms with E-state index >= 15 is 0 Å². The third-order valence-corrected chi connectivity index (χ3v) is 4.44. The van der Waals surface area contributed by atoms with Gasteiger partial charge in [-0.25, -0.2) is 9.50 Å². The molecule has 0 unspecified atom stereocenters. The topological polar surface area (TPSA) is 59.3 Å². The zero-order valence-corrected chi connectivity index (χ0v) is 11.9. The SMILES string of the molecule is Cc1nn2cc(CCNC(=O)C3CCCC3)nc2s1. The van der Waals surface area contributed by atoms with Gasteiger partial charge in [0.2, 0.25) is 10.9 Å². The summed E-state index contributed by atoms with van der Waals surface area (Å²) in [5.41, 5.74) is 0.991. The van der Waals surface area contributed by atoms with Gasteiger partial charge in [-0.05, 0) is 19.8 Å². The minimum Gasteiger partial charge on any atom is -0.355 e. The summed E-state index contributed by atoms with van der Waals surface area (Å²) in [6.07, 6.45) is 7.21. The number of hydrogen-bond donors (Lipinski definition) is 1. The zero-order valence-electron chi connectivity index (χ0n) is 11.1. The number of amides is 1. The first-order chi connectivity index (χ1) is 9.22. The van der Waals surface area contributed by atoms with Gasteiger partial charge in [0.1, 0.15) is 5.01 Å². The molecule has 1 amide bonds. The lowest BCUT2D eigenvalue weighted by Crippen LogP contribution is -2.30. The highest BCUT2D eigenvalue weighted by Gasteiger charge is 2.22. The fourth-order valence-corrected chi connectivity index (χ4v) is 3.35. The van der Waals surface area contributed by atoms with Crippen LogP contribution in [0.4, 0.5) is 0 Å². The molecule has 19 heavy (non-hydrogen) atoms. The predicted octanol–water partition coefficient (Wildman–Crippen LogP) is 1.95.